The van der Waals surface area contributed by atoms with Gasteiger partial charge in [0.1, 0.15) is 12.2 Å². The van der Waals surface area contributed by atoms with E-state index in [-0.39, 0.29) is 49.0 Å². The molecule has 1 saturated heterocycles. The lowest BCUT2D eigenvalue weighted by Crippen LogP contribution is -2.49. The van der Waals surface area contributed by atoms with Crippen molar-refractivity contribution in [2.45, 2.75) is 104 Å². The molecule has 0 aromatic carbocycles. The third-order valence-electron chi connectivity index (χ3n) is 8.40. The Morgan fingerprint density at radius 1 is 1.19 bits per heavy atom. The van der Waals surface area contributed by atoms with E-state index in [0.717, 1.165) is 44.9 Å². The average Bonchev–Trinajstić information content (AvgIpc) is 2.72. The third-order valence-corrected chi connectivity index (χ3v) is 8.40. The lowest BCUT2D eigenvalue weighted by Gasteiger charge is -2.50. The zero-order valence-electron chi connectivity index (χ0n) is 19.7. The number of hydrogen-bond acceptors (Lipinski definition) is 6. The van der Waals surface area contributed by atoms with Gasteiger partial charge in [0.05, 0.1) is 17.9 Å². The minimum atomic E-state index is -0.604. The van der Waals surface area contributed by atoms with Crippen LogP contribution in [-0.4, -0.2) is 47.1 Å². The van der Waals surface area contributed by atoms with Crippen LogP contribution >= 0.6 is 0 Å². The summed E-state index contributed by atoms with van der Waals surface area (Å²) in [6.07, 6.45) is 5.95. The first-order chi connectivity index (χ1) is 14.6. The second kappa shape index (κ2) is 10.2. The van der Waals surface area contributed by atoms with Gasteiger partial charge in [-0.3, -0.25) is 9.59 Å². The van der Waals surface area contributed by atoms with Gasteiger partial charge in [-0.05, 0) is 76.0 Å². The maximum absolute atomic E-state index is 12.9. The van der Waals surface area contributed by atoms with Crippen molar-refractivity contribution in [3.05, 3.63) is 0 Å². The molecule has 1 aliphatic heterocycles. The molecule has 6 nitrogen and oxygen atoms in total. The van der Waals surface area contributed by atoms with Crippen molar-refractivity contribution < 1.29 is 29.3 Å². The molecule has 8 atom stereocenters. The first kappa shape index (κ1) is 24.5. The van der Waals surface area contributed by atoms with Gasteiger partial charge in [0.25, 0.3) is 0 Å². The first-order valence-electron chi connectivity index (χ1n) is 12.3. The number of carbonyl (C=O) groups is 2. The number of fused-ring (bicyclic) bond motifs is 1. The molecule has 0 aromatic rings. The second-order valence-corrected chi connectivity index (χ2v) is 11.0. The fourth-order valence-electron chi connectivity index (χ4n) is 6.09. The van der Waals surface area contributed by atoms with Gasteiger partial charge >= 0.3 is 11.9 Å². The summed E-state index contributed by atoms with van der Waals surface area (Å²) in [7, 11) is 0. The number of aliphatic hydroxyl groups is 2. The van der Waals surface area contributed by atoms with E-state index in [0.29, 0.717) is 24.2 Å². The highest BCUT2D eigenvalue weighted by Gasteiger charge is 2.48. The molecule has 6 heteroatoms. The molecule has 3 fully saturated rings. The number of esters is 2. The highest BCUT2D eigenvalue weighted by atomic mass is 16.6. The number of cyclic esters (lactones) is 1. The molecule has 1 unspecified atom stereocenters. The maximum Gasteiger partial charge on any atom is 0.311 e. The highest BCUT2D eigenvalue weighted by molar-refractivity contribution is 5.76. The van der Waals surface area contributed by atoms with Gasteiger partial charge in [-0.15, -0.1) is 0 Å². The van der Waals surface area contributed by atoms with Gasteiger partial charge in [-0.2, -0.15) is 0 Å². The predicted molar refractivity (Wildman–Crippen MR) is 117 cm³/mol. The fourth-order valence-corrected chi connectivity index (χ4v) is 6.09. The van der Waals surface area contributed by atoms with E-state index in [1.54, 1.807) is 0 Å². The lowest BCUT2D eigenvalue weighted by molar-refractivity contribution is -0.175. The van der Waals surface area contributed by atoms with Crippen LogP contribution in [0, 0.1) is 35.0 Å². The Bertz CT molecular complexity index is 632. The van der Waals surface area contributed by atoms with E-state index in [1.165, 1.54) is 0 Å². The van der Waals surface area contributed by atoms with E-state index in [2.05, 4.69) is 6.92 Å². The molecule has 0 amide bonds. The Kier molecular flexibility index (Phi) is 8.06. The standard InChI is InChI=1S/C25H42O6/c1-5-25(3,4)24(29)31-21-11-16(14-26)10-17-7-6-15(2)20(23(17)21)9-8-19-12-18(27)13-22(28)30-19/h15-21,23,26-27H,5-14H2,1-4H3/t15-,16-,17-,18+,19+,20?,21-,23-/m0/s1. The van der Waals surface area contributed by atoms with Crippen molar-refractivity contribution in [1.82, 2.24) is 0 Å². The van der Waals surface area contributed by atoms with Gasteiger partial charge in [0.2, 0.25) is 0 Å². The summed E-state index contributed by atoms with van der Waals surface area (Å²) in [6.45, 7) is 8.30. The zero-order chi connectivity index (χ0) is 22.8. The minimum absolute atomic E-state index is 0.0921. The van der Waals surface area contributed by atoms with Crippen LogP contribution in [0.2, 0.25) is 0 Å². The predicted octanol–water partition coefficient (Wildman–Crippen LogP) is 3.86. The largest absolute Gasteiger partial charge is 0.462 e. The van der Waals surface area contributed by atoms with Gasteiger partial charge in [-0.1, -0.05) is 20.3 Å². The minimum Gasteiger partial charge on any atom is -0.462 e. The third kappa shape index (κ3) is 5.81. The number of hydrogen-bond donors (Lipinski definition) is 2. The van der Waals surface area contributed by atoms with E-state index < -0.39 is 11.5 Å². The summed E-state index contributed by atoms with van der Waals surface area (Å²) in [4.78, 5) is 24.7. The highest BCUT2D eigenvalue weighted by Crippen LogP contribution is 2.51. The Labute approximate surface area is 187 Å². The molecular formula is C25H42O6. The Morgan fingerprint density at radius 3 is 2.58 bits per heavy atom. The monoisotopic (exact) mass is 438 g/mol. The summed E-state index contributed by atoms with van der Waals surface area (Å²) in [6, 6.07) is 0. The lowest BCUT2D eigenvalue weighted by atomic mass is 9.58. The Morgan fingerprint density at radius 2 is 1.94 bits per heavy atom. The molecule has 0 spiro atoms. The first-order valence-corrected chi connectivity index (χ1v) is 12.3. The summed E-state index contributed by atoms with van der Waals surface area (Å²) in [5, 5.41) is 19.8. The van der Waals surface area contributed by atoms with E-state index in [1.807, 2.05) is 20.8 Å². The molecule has 3 aliphatic rings. The summed E-state index contributed by atoms with van der Waals surface area (Å²) in [5.74, 6) is 1.37. The van der Waals surface area contributed by atoms with Crippen LogP contribution in [-0.2, 0) is 19.1 Å². The zero-order valence-corrected chi connectivity index (χ0v) is 19.7. The molecule has 31 heavy (non-hydrogen) atoms. The van der Waals surface area contributed by atoms with Crippen LogP contribution in [0.25, 0.3) is 0 Å². The van der Waals surface area contributed by atoms with E-state index >= 15 is 0 Å². The van der Waals surface area contributed by atoms with Crippen LogP contribution in [0.15, 0.2) is 0 Å². The molecular weight excluding hydrogens is 396 g/mol. The molecule has 2 aliphatic carbocycles. The van der Waals surface area contributed by atoms with Gasteiger partial charge in [-0.25, -0.2) is 0 Å². The van der Waals surface area contributed by atoms with Crippen LogP contribution in [0.3, 0.4) is 0 Å². The van der Waals surface area contributed by atoms with Crippen molar-refractivity contribution in [2.75, 3.05) is 6.61 Å². The number of aliphatic hydroxyl groups excluding tert-OH is 2. The van der Waals surface area contributed by atoms with Crippen molar-refractivity contribution in [1.29, 1.82) is 0 Å². The van der Waals surface area contributed by atoms with Crippen molar-refractivity contribution >= 4 is 11.9 Å². The number of rotatable bonds is 7. The quantitative estimate of drug-likeness (QED) is 0.586. The molecule has 3 rings (SSSR count). The molecule has 0 radical (unpaired) electrons. The molecule has 0 bridgehead atoms. The summed E-state index contributed by atoms with van der Waals surface area (Å²) < 4.78 is 11.7. The Hall–Kier alpha value is -1.14. The topological polar surface area (TPSA) is 93.1 Å². The summed E-state index contributed by atoms with van der Waals surface area (Å²) in [5.41, 5.74) is -0.510. The normalized spacial score (nSPS) is 38.8. The number of carbonyl (C=O) groups excluding carboxylic acids is 2. The van der Waals surface area contributed by atoms with Crippen LogP contribution in [0.4, 0.5) is 0 Å². The molecule has 2 saturated carbocycles. The van der Waals surface area contributed by atoms with Crippen LogP contribution in [0.1, 0.15) is 85.5 Å². The Balaban J connectivity index is 1.74. The van der Waals surface area contributed by atoms with Crippen LogP contribution in [0.5, 0.6) is 0 Å². The van der Waals surface area contributed by atoms with E-state index in [4.69, 9.17) is 9.47 Å². The smallest absolute Gasteiger partial charge is 0.311 e. The second-order valence-electron chi connectivity index (χ2n) is 11.0. The SMILES string of the molecule is CCC(C)(C)C(=O)O[C@H]1C[C@@H](CO)C[C@@H]2CC[C@H](C)C(CC[C@@H]3C[C@@H](O)CC(=O)O3)[C@H]21. The van der Waals surface area contributed by atoms with Crippen molar-refractivity contribution in [2.24, 2.45) is 35.0 Å². The van der Waals surface area contributed by atoms with Crippen LogP contribution < -0.4 is 0 Å². The molecule has 0 aromatic heterocycles. The molecule has 1 heterocycles. The number of ether oxygens (including phenoxy) is 2. The summed E-state index contributed by atoms with van der Waals surface area (Å²) >= 11 is 0. The molecule has 2 N–H and O–H groups in total. The average molecular weight is 439 g/mol. The van der Waals surface area contributed by atoms with Gasteiger partial charge < -0.3 is 19.7 Å². The van der Waals surface area contributed by atoms with Crippen molar-refractivity contribution in [3.8, 4) is 0 Å². The van der Waals surface area contributed by atoms with Gasteiger partial charge in [0, 0.05) is 18.9 Å². The molecule has 178 valence electrons. The van der Waals surface area contributed by atoms with E-state index in [9.17, 15) is 19.8 Å². The maximum atomic E-state index is 12.9. The fraction of sp³-hybridized carbons (Fsp3) is 0.920. The van der Waals surface area contributed by atoms with Gasteiger partial charge in [0.15, 0.2) is 0 Å². The van der Waals surface area contributed by atoms with Crippen molar-refractivity contribution in [3.63, 3.8) is 0 Å².